The molecule has 0 amide bonds. The number of nitrogens with zero attached hydrogens (tertiary/aromatic N) is 1. The largest absolute Gasteiger partial charge is 0.469 e. The molecule has 0 radical (unpaired) electrons. The molecule has 0 aliphatic carbocycles. The van der Waals surface area contributed by atoms with Crippen LogP contribution in [0.4, 0.5) is 4.39 Å². The summed E-state index contributed by atoms with van der Waals surface area (Å²) in [6.07, 6.45) is -0.0290. The van der Waals surface area contributed by atoms with E-state index in [9.17, 15) is 14.0 Å². The molecular weight excluding hydrogens is 249 g/mol. The summed E-state index contributed by atoms with van der Waals surface area (Å²) in [7, 11) is 4.70. The van der Waals surface area contributed by atoms with Crippen LogP contribution in [0.2, 0.25) is 0 Å². The number of carbonyl (C=O) groups excluding carboxylic acids is 2. The molecule has 0 heterocycles. The molecule has 1 aromatic carbocycles. The fraction of sp³-hybridized carbons (Fsp3) is 0.429. The Hall–Kier alpha value is -1.75. The number of hydrogen-bond donors (Lipinski definition) is 0. The topological polar surface area (TPSA) is 46.6 Å². The van der Waals surface area contributed by atoms with Crippen LogP contribution in [0.3, 0.4) is 0 Å². The lowest BCUT2D eigenvalue weighted by Crippen LogP contribution is -2.38. The van der Waals surface area contributed by atoms with E-state index in [4.69, 9.17) is 0 Å². The van der Waals surface area contributed by atoms with Gasteiger partial charge in [-0.05, 0) is 44.8 Å². The minimum Gasteiger partial charge on any atom is -0.469 e. The zero-order valence-electron chi connectivity index (χ0n) is 11.6. The van der Waals surface area contributed by atoms with Crippen molar-refractivity contribution in [1.82, 2.24) is 4.90 Å². The van der Waals surface area contributed by atoms with E-state index >= 15 is 0 Å². The van der Waals surface area contributed by atoms with Gasteiger partial charge in [0, 0.05) is 5.56 Å². The number of benzene rings is 1. The number of halogens is 1. The maximum atomic E-state index is 13.2. The predicted octanol–water partition coefficient (Wildman–Crippen LogP) is 1.81. The Balaban J connectivity index is 2.99. The number of methoxy groups -OCH3 is 1. The first kappa shape index (κ1) is 15.3. The third-order valence-electron chi connectivity index (χ3n) is 2.96. The molecule has 1 unspecified atom stereocenters. The fourth-order valence-corrected chi connectivity index (χ4v) is 1.74. The summed E-state index contributed by atoms with van der Waals surface area (Å²) in [4.78, 5) is 25.3. The van der Waals surface area contributed by atoms with Gasteiger partial charge >= 0.3 is 5.97 Å². The van der Waals surface area contributed by atoms with Crippen molar-refractivity contribution in [2.75, 3.05) is 21.2 Å². The van der Waals surface area contributed by atoms with E-state index in [-0.39, 0.29) is 18.0 Å². The lowest BCUT2D eigenvalue weighted by molar-refractivity contribution is -0.141. The first-order valence-corrected chi connectivity index (χ1v) is 5.90. The third-order valence-corrected chi connectivity index (χ3v) is 2.96. The van der Waals surface area contributed by atoms with E-state index < -0.39 is 12.0 Å². The Labute approximate surface area is 112 Å². The Morgan fingerprint density at radius 3 is 2.47 bits per heavy atom. The molecule has 0 spiro atoms. The van der Waals surface area contributed by atoms with Crippen LogP contribution < -0.4 is 0 Å². The minimum absolute atomic E-state index is 0.0290. The number of rotatable bonds is 5. The third kappa shape index (κ3) is 3.86. The molecule has 104 valence electrons. The number of esters is 1. The second-order valence-electron chi connectivity index (χ2n) is 4.59. The van der Waals surface area contributed by atoms with E-state index in [1.54, 1.807) is 25.9 Å². The van der Waals surface area contributed by atoms with Gasteiger partial charge < -0.3 is 4.74 Å². The smallest absolute Gasteiger partial charge is 0.307 e. The van der Waals surface area contributed by atoms with Crippen molar-refractivity contribution in [1.29, 1.82) is 0 Å². The number of Topliss-reactive ketones (excluding diaryl/α,β-unsaturated/α-hetero) is 1. The Bertz CT molecular complexity index is 486. The highest BCUT2D eigenvalue weighted by atomic mass is 19.1. The second-order valence-corrected chi connectivity index (χ2v) is 4.59. The highest BCUT2D eigenvalue weighted by Crippen LogP contribution is 2.14. The molecule has 0 saturated carbocycles. The summed E-state index contributed by atoms with van der Waals surface area (Å²) in [6, 6.07) is 3.56. The zero-order valence-corrected chi connectivity index (χ0v) is 11.6. The first-order chi connectivity index (χ1) is 8.86. The quantitative estimate of drug-likeness (QED) is 0.603. The van der Waals surface area contributed by atoms with Gasteiger partial charge in [-0.25, -0.2) is 4.39 Å². The molecule has 0 bridgehead atoms. The summed E-state index contributed by atoms with van der Waals surface area (Å²) in [5.74, 6) is -1.03. The lowest BCUT2D eigenvalue weighted by atomic mass is 9.99. The summed E-state index contributed by atoms with van der Waals surface area (Å²) < 4.78 is 17.8. The van der Waals surface area contributed by atoms with Gasteiger partial charge in [0.25, 0.3) is 0 Å². The molecule has 0 saturated heterocycles. The van der Waals surface area contributed by atoms with Gasteiger partial charge in [0.2, 0.25) is 0 Å². The van der Waals surface area contributed by atoms with Crippen molar-refractivity contribution < 1.29 is 18.7 Å². The molecule has 5 heteroatoms. The summed E-state index contributed by atoms with van der Waals surface area (Å²) in [5, 5.41) is 0. The second kappa shape index (κ2) is 6.43. The average molecular weight is 267 g/mol. The molecule has 0 aromatic heterocycles. The van der Waals surface area contributed by atoms with Crippen LogP contribution in [-0.4, -0.2) is 43.9 Å². The van der Waals surface area contributed by atoms with Crippen molar-refractivity contribution in [3.8, 4) is 0 Å². The molecule has 0 fully saturated rings. The van der Waals surface area contributed by atoms with Crippen molar-refractivity contribution >= 4 is 11.8 Å². The van der Waals surface area contributed by atoms with Gasteiger partial charge in [0.15, 0.2) is 5.78 Å². The van der Waals surface area contributed by atoms with E-state index in [0.29, 0.717) is 11.1 Å². The van der Waals surface area contributed by atoms with Gasteiger partial charge in [-0.1, -0.05) is 0 Å². The van der Waals surface area contributed by atoms with Crippen LogP contribution in [0, 0.1) is 12.7 Å². The van der Waals surface area contributed by atoms with Crippen molar-refractivity contribution in [2.24, 2.45) is 0 Å². The van der Waals surface area contributed by atoms with Crippen LogP contribution in [0.5, 0.6) is 0 Å². The molecule has 0 N–H and O–H groups in total. The maximum Gasteiger partial charge on any atom is 0.307 e. The molecular formula is C14H18FNO3. The monoisotopic (exact) mass is 267 g/mol. The standard InChI is InChI=1S/C14H18FNO3/c1-9-7-10(5-6-11(9)15)14(18)12(16(2)3)8-13(17)19-4/h5-7,12H,8H2,1-4H3. The molecule has 0 aliphatic heterocycles. The molecule has 1 rings (SSSR count). The number of hydrogen-bond acceptors (Lipinski definition) is 4. The van der Waals surface area contributed by atoms with Crippen LogP contribution >= 0.6 is 0 Å². The number of ketones is 1. The van der Waals surface area contributed by atoms with E-state index in [0.717, 1.165) is 0 Å². The molecule has 1 atom stereocenters. The first-order valence-electron chi connectivity index (χ1n) is 5.90. The number of likely N-dealkylation sites (N-methyl/N-ethyl adjacent to an activating group) is 1. The molecule has 19 heavy (non-hydrogen) atoms. The van der Waals surface area contributed by atoms with Gasteiger partial charge in [-0.15, -0.1) is 0 Å². The highest BCUT2D eigenvalue weighted by Gasteiger charge is 2.25. The fourth-order valence-electron chi connectivity index (χ4n) is 1.74. The van der Waals surface area contributed by atoms with Gasteiger partial charge in [-0.2, -0.15) is 0 Å². The highest BCUT2D eigenvalue weighted by molar-refractivity contribution is 6.01. The lowest BCUT2D eigenvalue weighted by Gasteiger charge is -2.22. The zero-order chi connectivity index (χ0) is 14.6. The van der Waals surface area contributed by atoms with Crippen molar-refractivity contribution in [3.63, 3.8) is 0 Å². The normalized spacial score (nSPS) is 12.3. The summed E-state index contributed by atoms with van der Waals surface area (Å²) in [5.41, 5.74) is 0.794. The van der Waals surface area contributed by atoms with Crippen LogP contribution in [0.15, 0.2) is 18.2 Å². The molecule has 1 aromatic rings. The molecule has 0 aliphatic rings. The maximum absolute atomic E-state index is 13.2. The van der Waals surface area contributed by atoms with Gasteiger partial charge in [0.05, 0.1) is 19.6 Å². The van der Waals surface area contributed by atoms with Crippen LogP contribution in [0.1, 0.15) is 22.3 Å². The Morgan fingerprint density at radius 2 is 2.00 bits per heavy atom. The number of aryl methyl sites for hydroxylation is 1. The van der Waals surface area contributed by atoms with Crippen molar-refractivity contribution in [3.05, 3.63) is 35.1 Å². The Kier molecular flexibility index (Phi) is 5.18. The number of carbonyl (C=O) groups is 2. The van der Waals surface area contributed by atoms with Gasteiger partial charge in [-0.3, -0.25) is 14.5 Å². The number of ether oxygens (including phenoxy) is 1. The van der Waals surface area contributed by atoms with E-state index in [2.05, 4.69) is 4.74 Å². The van der Waals surface area contributed by atoms with Crippen LogP contribution in [-0.2, 0) is 9.53 Å². The predicted molar refractivity (Wildman–Crippen MR) is 69.6 cm³/mol. The summed E-state index contributed by atoms with van der Waals surface area (Å²) in [6.45, 7) is 1.59. The van der Waals surface area contributed by atoms with Crippen molar-refractivity contribution in [2.45, 2.75) is 19.4 Å². The van der Waals surface area contributed by atoms with Gasteiger partial charge in [0.1, 0.15) is 5.82 Å². The minimum atomic E-state index is -0.614. The van der Waals surface area contributed by atoms with E-state index in [1.807, 2.05) is 0 Å². The molecule has 4 nitrogen and oxygen atoms in total. The summed E-state index contributed by atoms with van der Waals surface area (Å²) >= 11 is 0. The Morgan fingerprint density at radius 1 is 1.37 bits per heavy atom. The van der Waals surface area contributed by atoms with E-state index in [1.165, 1.54) is 25.3 Å². The average Bonchev–Trinajstić information content (AvgIpc) is 2.37. The van der Waals surface area contributed by atoms with Crippen LogP contribution in [0.25, 0.3) is 0 Å². The SMILES string of the molecule is COC(=O)CC(C(=O)c1ccc(F)c(C)c1)N(C)C.